The van der Waals surface area contributed by atoms with E-state index in [9.17, 15) is 0 Å². The van der Waals surface area contributed by atoms with E-state index < -0.39 is 0 Å². The summed E-state index contributed by atoms with van der Waals surface area (Å²) in [6, 6.07) is 13.5. The van der Waals surface area contributed by atoms with Crippen molar-refractivity contribution in [3.63, 3.8) is 0 Å². The third kappa shape index (κ3) is 1.99. The molecule has 0 amide bonds. The zero-order valence-corrected chi connectivity index (χ0v) is 9.35. The van der Waals surface area contributed by atoms with Crippen LogP contribution in [0.1, 0.15) is 5.56 Å². The van der Waals surface area contributed by atoms with Crippen molar-refractivity contribution in [3.8, 4) is 0 Å². The molecule has 0 aliphatic heterocycles. The van der Waals surface area contributed by atoms with Crippen molar-refractivity contribution in [3.05, 3.63) is 46.4 Å². The minimum atomic E-state index is 0. The molecule has 0 N–H and O–H groups in total. The van der Waals surface area contributed by atoms with E-state index in [0.29, 0.717) is 0 Å². The molecule has 0 atom stereocenters. The summed E-state index contributed by atoms with van der Waals surface area (Å²) in [5, 5.41) is 2.54. The van der Waals surface area contributed by atoms with Crippen LogP contribution in [-0.2, 0) is 0 Å². The molecule has 0 aromatic heterocycles. The molecular formula is C11H8BrLi. The van der Waals surface area contributed by atoms with E-state index in [2.05, 4.69) is 47.1 Å². The number of benzene rings is 2. The molecule has 2 aromatic rings. The predicted octanol–water partition coefficient (Wildman–Crippen LogP) is 0.715. The van der Waals surface area contributed by atoms with Crippen molar-refractivity contribution in [1.29, 1.82) is 0 Å². The Labute approximate surface area is 98.6 Å². The van der Waals surface area contributed by atoms with Gasteiger partial charge in [-0.3, -0.25) is 0 Å². The molecule has 2 rings (SSSR count). The van der Waals surface area contributed by atoms with Gasteiger partial charge in [-0.2, -0.15) is 12.1 Å². The average molecular weight is 227 g/mol. The molecule has 0 fully saturated rings. The SMILES string of the molecule is Cc1c(Br)[c-]cc2ccccc12.[Li+]. The molecule has 0 unspecified atom stereocenters. The fourth-order valence-electron chi connectivity index (χ4n) is 1.33. The molecule has 0 aliphatic carbocycles. The summed E-state index contributed by atoms with van der Waals surface area (Å²) in [7, 11) is 0. The van der Waals surface area contributed by atoms with Crippen LogP contribution in [-0.4, -0.2) is 0 Å². The van der Waals surface area contributed by atoms with Crippen LogP contribution in [0, 0.1) is 13.0 Å². The van der Waals surface area contributed by atoms with Gasteiger partial charge in [-0.1, -0.05) is 45.5 Å². The normalized spacial score (nSPS) is 9.69. The Morgan fingerprint density at radius 1 is 1.23 bits per heavy atom. The molecule has 13 heavy (non-hydrogen) atoms. The van der Waals surface area contributed by atoms with Crippen LogP contribution in [0.15, 0.2) is 34.8 Å². The minimum Gasteiger partial charge on any atom is -0.168 e. The molecule has 0 aliphatic rings. The largest absolute Gasteiger partial charge is 1.00 e. The Morgan fingerprint density at radius 3 is 2.69 bits per heavy atom. The van der Waals surface area contributed by atoms with E-state index in [1.165, 1.54) is 16.3 Å². The number of aryl methyl sites for hydroxylation is 1. The van der Waals surface area contributed by atoms with Crippen LogP contribution < -0.4 is 18.9 Å². The molecule has 0 nitrogen and oxygen atoms in total. The standard InChI is InChI=1S/C11H8Br.Li/c1-8-10-5-3-2-4-9(10)6-7-11(8)12;/h2-6H,1H3;/q-1;+1. The van der Waals surface area contributed by atoms with Crippen molar-refractivity contribution in [2.75, 3.05) is 0 Å². The molecule has 0 spiro atoms. The Kier molecular flexibility index (Phi) is 3.61. The monoisotopic (exact) mass is 226 g/mol. The molecule has 0 bridgehead atoms. The number of hydrogen-bond acceptors (Lipinski definition) is 0. The molecule has 2 heteroatoms. The van der Waals surface area contributed by atoms with Gasteiger partial charge in [0.25, 0.3) is 0 Å². The summed E-state index contributed by atoms with van der Waals surface area (Å²) in [4.78, 5) is 0. The summed E-state index contributed by atoms with van der Waals surface area (Å²) >= 11 is 3.46. The van der Waals surface area contributed by atoms with Crippen LogP contribution in [0.25, 0.3) is 10.8 Å². The first-order valence-electron chi connectivity index (χ1n) is 3.84. The zero-order valence-electron chi connectivity index (χ0n) is 7.76. The van der Waals surface area contributed by atoms with Crippen LogP contribution in [0.4, 0.5) is 0 Å². The van der Waals surface area contributed by atoms with Crippen LogP contribution in [0.2, 0.25) is 0 Å². The first kappa shape index (κ1) is 10.9. The van der Waals surface area contributed by atoms with Gasteiger partial charge in [0.1, 0.15) is 0 Å². The topological polar surface area (TPSA) is 0 Å². The number of hydrogen-bond donors (Lipinski definition) is 0. The quantitative estimate of drug-likeness (QED) is 0.459. The molecule has 0 heterocycles. The van der Waals surface area contributed by atoms with Crippen molar-refractivity contribution in [2.24, 2.45) is 0 Å². The van der Waals surface area contributed by atoms with E-state index in [1.807, 2.05) is 12.1 Å². The second-order valence-electron chi connectivity index (χ2n) is 2.81. The summed E-state index contributed by atoms with van der Waals surface area (Å²) in [6.07, 6.45) is 0. The van der Waals surface area contributed by atoms with E-state index in [0.717, 1.165) is 4.47 Å². The van der Waals surface area contributed by atoms with E-state index in [1.54, 1.807) is 0 Å². The molecular weight excluding hydrogens is 219 g/mol. The van der Waals surface area contributed by atoms with Gasteiger partial charge >= 0.3 is 18.9 Å². The number of fused-ring (bicyclic) bond motifs is 1. The molecule has 60 valence electrons. The van der Waals surface area contributed by atoms with Crippen LogP contribution in [0.5, 0.6) is 0 Å². The predicted molar refractivity (Wildman–Crippen MR) is 55.2 cm³/mol. The van der Waals surface area contributed by atoms with Gasteiger partial charge in [0, 0.05) is 0 Å². The van der Waals surface area contributed by atoms with E-state index in [4.69, 9.17) is 0 Å². The van der Waals surface area contributed by atoms with Crippen LogP contribution >= 0.6 is 15.9 Å². The maximum atomic E-state index is 3.46. The fraction of sp³-hybridized carbons (Fsp3) is 0.0909. The smallest absolute Gasteiger partial charge is 0.168 e. The van der Waals surface area contributed by atoms with Crippen molar-refractivity contribution < 1.29 is 18.9 Å². The molecule has 0 saturated carbocycles. The first-order chi connectivity index (χ1) is 5.79. The van der Waals surface area contributed by atoms with Crippen molar-refractivity contribution in [1.82, 2.24) is 0 Å². The summed E-state index contributed by atoms with van der Waals surface area (Å²) in [5.74, 6) is 0. The van der Waals surface area contributed by atoms with E-state index >= 15 is 0 Å². The summed E-state index contributed by atoms with van der Waals surface area (Å²) < 4.78 is 1.06. The Hall–Kier alpha value is -0.223. The fourth-order valence-corrected chi connectivity index (χ4v) is 1.66. The maximum absolute atomic E-state index is 3.46. The van der Waals surface area contributed by atoms with E-state index in [-0.39, 0.29) is 18.9 Å². The van der Waals surface area contributed by atoms with Gasteiger partial charge in [0.15, 0.2) is 0 Å². The molecule has 2 aromatic carbocycles. The molecule has 0 radical (unpaired) electrons. The average Bonchev–Trinajstić information content (AvgIpc) is 2.12. The second kappa shape index (κ2) is 4.33. The van der Waals surface area contributed by atoms with Gasteiger partial charge in [-0.25, -0.2) is 0 Å². The van der Waals surface area contributed by atoms with Gasteiger partial charge < -0.3 is 0 Å². The molecule has 0 saturated heterocycles. The minimum absolute atomic E-state index is 0. The van der Waals surface area contributed by atoms with Crippen molar-refractivity contribution in [2.45, 2.75) is 6.92 Å². The number of halogens is 1. The van der Waals surface area contributed by atoms with Crippen molar-refractivity contribution >= 4 is 26.7 Å². The van der Waals surface area contributed by atoms with Gasteiger partial charge in [0.2, 0.25) is 0 Å². The third-order valence-corrected chi connectivity index (χ3v) is 2.87. The number of rotatable bonds is 0. The van der Waals surface area contributed by atoms with Gasteiger partial charge in [-0.15, -0.1) is 22.4 Å². The van der Waals surface area contributed by atoms with Crippen LogP contribution in [0.3, 0.4) is 0 Å². The van der Waals surface area contributed by atoms with Gasteiger partial charge in [0.05, 0.1) is 0 Å². The Morgan fingerprint density at radius 2 is 1.92 bits per heavy atom. The first-order valence-corrected chi connectivity index (χ1v) is 4.64. The maximum Gasteiger partial charge on any atom is 1.00 e. The Balaban J connectivity index is 0.000000845. The summed E-state index contributed by atoms with van der Waals surface area (Å²) in [5.41, 5.74) is 1.26. The third-order valence-electron chi connectivity index (χ3n) is 2.05. The second-order valence-corrected chi connectivity index (χ2v) is 3.61. The van der Waals surface area contributed by atoms with Gasteiger partial charge in [-0.05, 0) is 0 Å². The Bertz CT molecular complexity index is 423. The summed E-state index contributed by atoms with van der Waals surface area (Å²) in [6.45, 7) is 2.10. The zero-order chi connectivity index (χ0) is 8.55.